The lowest BCUT2D eigenvalue weighted by molar-refractivity contribution is 0.669. The highest BCUT2D eigenvalue weighted by Crippen LogP contribution is 2.44. The fourth-order valence-corrected chi connectivity index (χ4v) is 8.38. The molecule has 45 heavy (non-hydrogen) atoms. The molecular weight excluding hydrogens is 567 g/mol. The molecule has 0 spiro atoms. The van der Waals surface area contributed by atoms with Gasteiger partial charge in [-0.05, 0) is 76.9 Å². The molecule has 0 bridgehead atoms. The lowest BCUT2D eigenvalue weighted by Crippen LogP contribution is -1.96. The molecule has 0 aliphatic rings. The van der Waals surface area contributed by atoms with E-state index in [1.165, 1.54) is 64.2 Å². The first kappa shape index (κ1) is 24.8. The van der Waals surface area contributed by atoms with Crippen molar-refractivity contribution in [2.24, 2.45) is 0 Å². The van der Waals surface area contributed by atoms with Crippen LogP contribution in [0, 0.1) is 0 Å². The second-order valence-electron chi connectivity index (χ2n) is 11.7. The molecule has 2 nitrogen and oxygen atoms in total. The van der Waals surface area contributed by atoms with Crippen molar-refractivity contribution in [3.8, 4) is 27.9 Å². The predicted octanol–water partition coefficient (Wildman–Crippen LogP) is 12.4. The summed E-state index contributed by atoms with van der Waals surface area (Å²) < 4.78 is 11.3. The Kier molecular flexibility index (Phi) is 5.19. The Balaban J connectivity index is 1.28. The van der Waals surface area contributed by atoms with Gasteiger partial charge in [-0.25, -0.2) is 0 Å². The van der Waals surface area contributed by atoms with Crippen molar-refractivity contribution in [2.75, 3.05) is 0 Å². The molecular formula is C42H25NOS. The van der Waals surface area contributed by atoms with Gasteiger partial charge in [0.15, 0.2) is 0 Å². The average Bonchev–Trinajstić information content (AvgIpc) is 3.77. The van der Waals surface area contributed by atoms with Crippen molar-refractivity contribution < 1.29 is 4.42 Å². The van der Waals surface area contributed by atoms with Crippen LogP contribution in [0.4, 0.5) is 0 Å². The average molecular weight is 592 g/mol. The van der Waals surface area contributed by atoms with E-state index in [9.17, 15) is 0 Å². The van der Waals surface area contributed by atoms with Crippen LogP contribution in [0.25, 0.3) is 91.9 Å². The first-order valence-electron chi connectivity index (χ1n) is 15.3. The molecule has 0 saturated heterocycles. The topological polar surface area (TPSA) is 18.1 Å². The van der Waals surface area contributed by atoms with Gasteiger partial charge in [-0.1, -0.05) is 97.1 Å². The molecule has 0 atom stereocenters. The number of hydrogen-bond donors (Lipinski definition) is 0. The summed E-state index contributed by atoms with van der Waals surface area (Å²) in [6.07, 6.45) is 0. The molecule has 0 aliphatic heterocycles. The van der Waals surface area contributed by atoms with Gasteiger partial charge in [-0.3, -0.25) is 0 Å². The molecule has 0 unspecified atom stereocenters. The molecule has 3 heteroatoms. The van der Waals surface area contributed by atoms with Gasteiger partial charge >= 0.3 is 0 Å². The molecule has 10 aromatic rings. The van der Waals surface area contributed by atoms with E-state index in [0.29, 0.717) is 0 Å². The molecule has 0 aliphatic carbocycles. The van der Waals surface area contributed by atoms with Gasteiger partial charge in [0, 0.05) is 47.4 Å². The monoisotopic (exact) mass is 591 g/mol. The summed E-state index contributed by atoms with van der Waals surface area (Å²) in [6, 6.07) is 54.8. The first-order valence-corrected chi connectivity index (χ1v) is 16.1. The van der Waals surface area contributed by atoms with E-state index in [4.69, 9.17) is 4.42 Å². The highest BCUT2D eigenvalue weighted by Gasteiger charge is 2.19. The fraction of sp³-hybridized carbons (Fsp3) is 0. The van der Waals surface area contributed by atoms with E-state index in [1.807, 2.05) is 23.5 Å². The third-order valence-electron chi connectivity index (χ3n) is 9.17. The summed E-state index contributed by atoms with van der Waals surface area (Å²) >= 11 is 1.90. The third-order valence-corrected chi connectivity index (χ3v) is 10.4. The van der Waals surface area contributed by atoms with Crippen LogP contribution in [0.15, 0.2) is 156 Å². The highest BCUT2D eigenvalue weighted by molar-refractivity contribution is 7.26. The molecule has 3 aromatic heterocycles. The van der Waals surface area contributed by atoms with E-state index in [0.717, 1.165) is 27.6 Å². The lowest BCUT2D eigenvalue weighted by atomic mass is 9.97. The van der Waals surface area contributed by atoms with Crippen molar-refractivity contribution in [2.45, 2.75) is 0 Å². The molecule has 0 fully saturated rings. The number of aromatic nitrogens is 1. The van der Waals surface area contributed by atoms with Crippen LogP contribution in [0.5, 0.6) is 0 Å². The van der Waals surface area contributed by atoms with Gasteiger partial charge in [-0.15, -0.1) is 11.3 Å². The van der Waals surface area contributed by atoms with Gasteiger partial charge in [0.2, 0.25) is 0 Å². The second-order valence-corrected chi connectivity index (χ2v) is 12.8. The predicted molar refractivity (Wildman–Crippen MR) is 192 cm³/mol. The zero-order valence-corrected chi connectivity index (χ0v) is 25.0. The number of thiophene rings is 1. The van der Waals surface area contributed by atoms with Gasteiger partial charge in [0.1, 0.15) is 11.2 Å². The first-order chi connectivity index (χ1) is 22.3. The second kappa shape index (κ2) is 9.43. The van der Waals surface area contributed by atoms with Crippen LogP contribution >= 0.6 is 11.3 Å². The van der Waals surface area contributed by atoms with Crippen LogP contribution in [0.3, 0.4) is 0 Å². The van der Waals surface area contributed by atoms with Crippen LogP contribution in [0.2, 0.25) is 0 Å². The summed E-state index contributed by atoms with van der Waals surface area (Å²) in [6.45, 7) is 0. The summed E-state index contributed by atoms with van der Waals surface area (Å²) in [7, 11) is 0. The minimum atomic E-state index is 0.911. The van der Waals surface area contributed by atoms with Gasteiger partial charge < -0.3 is 8.98 Å². The minimum absolute atomic E-state index is 0.911. The van der Waals surface area contributed by atoms with Crippen molar-refractivity contribution in [3.63, 3.8) is 0 Å². The van der Waals surface area contributed by atoms with Crippen LogP contribution in [-0.2, 0) is 0 Å². The Hall–Kier alpha value is -5.64. The highest BCUT2D eigenvalue weighted by atomic mass is 32.1. The van der Waals surface area contributed by atoms with Crippen LogP contribution in [-0.4, -0.2) is 4.57 Å². The van der Waals surface area contributed by atoms with E-state index in [2.05, 4.69) is 144 Å². The van der Waals surface area contributed by atoms with Crippen molar-refractivity contribution >= 4 is 75.3 Å². The van der Waals surface area contributed by atoms with Crippen molar-refractivity contribution in [3.05, 3.63) is 152 Å². The molecule has 0 amide bonds. The Bertz CT molecular complexity index is 2760. The molecule has 7 aromatic carbocycles. The Morgan fingerprint density at radius 1 is 0.422 bits per heavy atom. The minimum Gasteiger partial charge on any atom is -0.456 e. The van der Waals surface area contributed by atoms with Gasteiger partial charge in [0.25, 0.3) is 0 Å². The third kappa shape index (κ3) is 3.68. The maximum absolute atomic E-state index is 6.17. The number of benzene rings is 7. The van der Waals surface area contributed by atoms with E-state index < -0.39 is 0 Å². The summed E-state index contributed by atoms with van der Waals surface area (Å²) in [4.78, 5) is 0. The Morgan fingerprint density at radius 3 is 2.02 bits per heavy atom. The maximum Gasteiger partial charge on any atom is 0.135 e. The molecule has 10 rings (SSSR count). The van der Waals surface area contributed by atoms with Crippen molar-refractivity contribution in [1.29, 1.82) is 0 Å². The van der Waals surface area contributed by atoms with Gasteiger partial charge in [-0.2, -0.15) is 0 Å². The van der Waals surface area contributed by atoms with Crippen LogP contribution < -0.4 is 0 Å². The molecule has 0 N–H and O–H groups in total. The smallest absolute Gasteiger partial charge is 0.135 e. The summed E-state index contributed by atoms with van der Waals surface area (Å²) in [5.41, 5.74) is 10.1. The van der Waals surface area contributed by atoms with E-state index in [-0.39, 0.29) is 0 Å². The van der Waals surface area contributed by atoms with Gasteiger partial charge in [0.05, 0.1) is 11.0 Å². The largest absolute Gasteiger partial charge is 0.456 e. The number of nitrogens with zero attached hydrogens (tertiary/aromatic N) is 1. The van der Waals surface area contributed by atoms with E-state index >= 15 is 0 Å². The number of rotatable bonds is 3. The van der Waals surface area contributed by atoms with E-state index in [1.54, 1.807) is 0 Å². The number of fused-ring (bicyclic) bond motifs is 10. The quantitative estimate of drug-likeness (QED) is 0.200. The maximum atomic E-state index is 6.17. The number of furan rings is 1. The molecule has 0 saturated carbocycles. The normalized spacial score (nSPS) is 12.0. The summed E-state index contributed by atoms with van der Waals surface area (Å²) in [5.74, 6) is 0. The zero-order chi connectivity index (χ0) is 29.5. The lowest BCUT2D eigenvalue weighted by Gasteiger charge is -2.14. The Morgan fingerprint density at radius 2 is 1.13 bits per heavy atom. The summed E-state index contributed by atoms with van der Waals surface area (Å²) in [5, 5.41) is 7.53. The molecule has 3 heterocycles. The van der Waals surface area contributed by atoms with Crippen molar-refractivity contribution in [1.82, 2.24) is 4.57 Å². The zero-order valence-electron chi connectivity index (χ0n) is 24.2. The number of para-hydroxylation sites is 2. The van der Waals surface area contributed by atoms with Crippen LogP contribution in [0.1, 0.15) is 0 Å². The molecule has 0 radical (unpaired) electrons. The standard InChI is InChI=1S/C42H25NOS/c1-2-10-26(11-3-1)28-22-29(27-18-21-39-35(25-27)31-12-5-8-16-38(31)44-39)24-30(23-28)43-36-15-7-4-14-34(36)41-37(43)20-19-33-32-13-6-9-17-40(32)45-42(33)41/h1-25H. The number of hydrogen-bond acceptors (Lipinski definition) is 2. The SMILES string of the molecule is c1ccc(-c2cc(-c3ccc4oc5ccccc5c4c3)cc(-n3c4ccccc4c4c5sc6ccccc6c5ccc43)c2)cc1. The Labute approximate surface area is 263 Å². The molecule has 210 valence electrons. The fourth-order valence-electron chi connectivity index (χ4n) is 7.12.